The Bertz CT molecular complexity index is 389. The first-order valence-electron chi connectivity index (χ1n) is 7.97. The van der Waals surface area contributed by atoms with Crippen LogP contribution < -0.4 is 5.73 Å². The van der Waals surface area contributed by atoms with E-state index >= 15 is 0 Å². The first-order valence-corrected chi connectivity index (χ1v) is 7.97. The van der Waals surface area contributed by atoms with Gasteiger partial charge in [0, 0.05) is 6.04 Å². The average Bonchev–Trinajstić information content (AvgIpc) is 2.62. The highest BCUT2D eigenvalue weighted by Crippen LogP contribution is 2.26. The van der Waals surface area contributed by atoms with Crippen LogP contribution in [0.25, 0.3) is 0 Å². The minimum atomic E-state index is 0.338. The van der Waals surface area contributed by atoms with Crippen molar-refractivity contribution in [1.29, 1.82) is 0 Å². The van der Waals surface area contributed by atoms with Crippen LogP contribution in [-0.2, 0) is 6.42 Å². The lowest BCUT2D eigenvalue weighted by Crippen LogP contribution is -2.26. The second-order valence-corrected chi connectivity index (χ2v) is 6.48. The summed E-state index contributed by atoms with van der Waals surface area (Å²) >= 11 is 0. The highest BCUT2D eigenvalue weighted by atomic mass is 14.6. The molecule has 0 amide bonds. The standard InChI is InChI=1S/C18H29N/c1-14-9-10-17(11-15(14)2)13-18(19)12-16-7-5-3-4-6-8-16/h9-11,16,18H,3-8,12-13,19H2,1-2H3. The Hall–Kier alpha value is -0.820. The Balaban J connectivity index is 1.85. The van der Waals surface area contributed by atoms with E-state index in [1.807, 2.05) is 0 Å². The molecule has 2 rings (SSSR count). The zero-order valence-corrected chi connectivity index (χ0v) is 12.6. The fraction of sp³-hybridized carbons (Fsp3) is 0.667. The van der Waals surface area contributed by atoms with Gasteiger partial charge in [0.1, 0.15) is 0 Å². The third-order valence-electron chi connectivity index (χ3n) is 4.68. The van der Waals surface area contributed by atoms with Gasteiger partial charge in [0.05, 0.1) is 0 Å². The molecule has 0 bridgehead atoms. The summed E-state index contributed by atoms with van der Waals surface area (Å²) in [6.07, 6.45) is 10.8. The van der Waals surface area contributed by atoms with Crippen molar-refractivity contribution in [2.75, 3.05) is 0 Å². The van der Waals surface area contributed by atoms with E-state index in [0.29, 0.717) is 6.04 Å². The summed E-state index contributed by atoms with van der Waals surface area (Å²) in [6, 6.07) is 7.12. The summed E-state index contributed by atoms with van der Waals surface area (Å²) in [5.41, 5.74) is 10.5. The van der Waals surface area contributed by atoms with Gasteiger partial charge in [-0.3, -0.25) is 0 Å². The first-order chi connectivity index (χ1) is 9.15. The molecule has 0 aliphatic heterocycles. The van der Waals surface area contributed by atoms with Crippen LogP contribution in [0, 0.1) is 19.8 Å². The van der Waals surface area contributed by atoms with Crippen LogP contribution in [0.4, 0.5) is 0 Å². The van der Waals surface area contributed by atoms with Crippen LogP contribution in [0.1, 0.15) is 61.6 Å². The average molecular weight is 259 g/mol. The quantitative estimate of drug-likeness (QED) is 0.790. The van der Waals surface area contributed by atoms with Crippen LogP contribution in [0.2, 0.25) is 0 Å². The third kappa shape index (κ3) is 4.65. The monoisotopic (exact) mass is 259 g/mol. The van der Waals surface area contributed by atoms with Crippen molar-refractivity contribution in [1.82, 2.24) is 0 Å². The molecule has 2 N–H and O–H groups in total. The zero-order valence-electron chi connectivity index (χ0n) is 12.6. The van der Waals surface area contributed by atoms with Crippen molar-refractivity contribution in [3.05, 3.63) is 34.9 Å². The van der Waals surface area contributed by atoms with Gasteiger partial charge in [0.2, 0.25) is 0 Å². The van der Waals surface area contributed by atoms with Gasteiger partial charge in [-0.25, -0.2) is 0 Å². The van der Waals surface area contributed by atoms with Crippen LogP contribution in [0.5, 0.6) is 0 Å². The number of nitrogens with two attached hydrogens (primary N) is 1. The highest BCUT2D eigenvalue weighted by molar-refractivity contribution is 5.30. The molecule has 106 valence electrons. The Labute approximate surface area is 118 Å². The van der Waals surface area contributed by atoms with Gasteiger partial charge in [-0.05, 0) is 49.3 Å². The van der Waals surface area contributed by atoms with Gasteiger partial charge < -0.3 is 5.73 Å². The van der Waals surface area contributed by atoms with Gasteiger partial charge in [-0.15, -0.1) is 0 Å². The predicted octanol–water partition coefficient (Wildman–Crippen LogP) is 4.53. The van der Waals surface area contributed by atoms with Gasteiger partial charge in [0.25, 0.3) is 0 Å². The fourth-order valence-corrected chi connectivity index (χ4v) is 3.34. The predicted molar refractivity (Wildman–Crippen MR) is 83.4 cm³/mol. The van der Waals surface area contributed by atoms with Gasteiger partial charge in [-0.1, -0.05) is 56.7 Å². The molecule has 0 spiro atoms. The van der Waals surface area contributed by atoms with E-state index in [1.54, 1.807) is 0 Å². The van der Waals surface area contributed by atoms with E-state index in [1.165, 1.54) is 61.6 Å². The Morgan fingerprint density at radius 2 is 1.74 bits per heavy atom. The van der Waals surface area contributed by atoms with E-state index in [9.17, 15) is 0 Å². The molecule has 1 aliphatic rings. The summed E-state index contributed by atoms with van der Waals surface area (Å²) in [5.74, 6) is 0.879. The second kappa shape index (κ2) is 7.09. The van der Waals surface area contributed by atoms with Crippen molar-refractivity contribution < 1.29 is 0 Å². The number of benzene rings is 1. The van der Waals surface area contributed by atoms with Gasteiger partial charge in [0.15, 0.2) is 0 Å². The van der Waals surface area contributed by atoms with Crippen molar-refractivity contribution in [3.8, 4) is 0 Å². The smallest absolute Gasteiger partial charge is 0.00819 e. The second-order valence-electron chi connectivity index (χ2n) is 6.48. The van der Waals surface area contributed by atoms with Gasteiger partial charge >= 0.3 is 0 Å². The Morgan fingerprint density at radius 3 is 2.37 bits per heavy atom. The molecule has 1 heteroatoms. The molecule has 1 atom stereocenters. The van der Waals surface area contributed by atoms with Gasteiger partial charge in [-0.2, -0.15) is 0 Å². The molecule has 1 aliphatic carbocycles. The molecular formula is C18H29N. The maximum Gasteiger partial charge on any atom is 0.00819 e. The first kappa shape index (κ1) is 14.6. The minimum absolute atomic E-state index is 0.338. The van der Waals surface area contributed by atoms with Crippen LogP contribution in [0.3, 0.4) is 0 Å². The van der Waals surface area contributed by atoms with E-state index in [-0.39, 0.29) is 0 Å². The molecular weight excluding hydrogens is 230 g/mol. The topological polar surface area (TPSA) is 26.0 Å². The summed E-state index contributed by atoms with van der Waals surface area (Å²) in [6.45, 7) is 4.36. The van der Waals surface area contributed by atoms with E-state index in [0.717, 1.165) is 12.3 Å². The van der Waals surface area contributed by atoms with E-state index in [2.05, 4.69) is 32.0 Å². The summed E-state index contributed by atoms with van der Waals surface area (Å²) in [5, 5.41) is 0. The van der Waals surface area contributed by atoms with Crippen molar-refractivity contribution in [2.45, 2.75) is 71.3 Å². The zero-order chi connectivity index (χ0) is 13.7. The number of aryl methyl sites for hydroxylation is 2. The molecule has 1 fully saturated rings. The molecule has 1 saturated carbocycles. The lowest BCUT2D eigenvalue weighted by atomic mass is 9.90. The summed E-state index contributed by atoms with van der Waals surface area (Å²) < 4.78 is 0. The SMILES string of the molecule is Cc1ccc(CC(N)CC2CCCCCC2)cc1C. The largest absolute Gasteiger partial charge is 0.327 e. The summed E-state index contributed by atoms with van der Waals surface area (Å²) in [7, 11) is 0. The van der Waals surface area contributed by atoms with E-state index in [4.69, 9.17) is 5.73 Å². The molecule has 0 saturated heterocycles. The molecule has 1 nitrogen and oxygen atoms in total. The maximum atomic E-state index is 6.38. The molecule has 0 aromatic heterocycles. The number of rotatable bonds is 4. The molecule has 19 heavy (non-hydrogen) atoms. The lowest BCUT2D eigenvalue weighted by molar-refractivity contribution is 0.387. The van der Waals surface area contributed by atoms with Crippen molar-refractivity contribution >= 4 is 0 Å². The maximum absolute atomic E-state index is 6.38. The van der Waals surface area contributed by atoms with E-state index < -0.39 is 0 Å². The molecule has 0 heterocycles. The lowest BCUT2D eigenvalue weighted by Gasteiger charge is -2.19. The van der Waals surface area contributed by atoms with Crippen molar-refractivity contribution in [2.24, 2.45) is 11.7 Å². The van der Waals surface area contributed by atoms with Crippen LogP contribution >= 0.6 is 0 Å². The Morgan fingerprint density at radius 1 is 1.05 bits per heavy atom. The minimum Gasteiger partial charge on any atom is -0.327 e. The van der Waals surface area contributed by atoms with Crippen LogP contribution in [0.15, 0.2) is 18.2 Å². The molecule has 1 aromatic rings. The Kier molecular flexibility index (Phi) is 5.45. The summed E-state index contributed by atoms with van der Waals surface area (Å²) in [4.78, 5) is 0. The fourth-order valence-electron chi connectivity index (χ4n) is 3.34. The van der Waals surface area contributed by atoms with Crippen LogP contribution in [-0.4, -0.2) is 6.04 Å². The van der Waals surface area contributed by atoms with Crippen molar-refractivity contribution in [3.63, 3.8) is 0 Å². The molecule has 0 radical (unpaired) electrons. The third-order valence-corrected chi connectivity index (χ3v) is 4.68. The highest BCUT2D eigenvalue weighted by Gasteiger charge is 2.16. The number of hydrogen-bond acceptors (Lipinski definition) is 1. The number of hydrogen-bond donors (Lipinski definition) is 1. The normalized spacial score (nSPS) is 19.1. The molecule has 1 aromatic carbocycles. The molecule has 1 unspecified atom stereocenters.